The molecule has 1 saturated heterocycles. The summed E-state index contributed by atoms with van der Waals surface area (Å²) in [6.45, 7) is 4.88. The second-order valence-electron chi connectivity index (χ2n) is 9.16. The molecule has 2 amide bonds. The predicted octanol–water partition coefficient (Wildman–Crippen LogP) is 2.56. The lowest BCUT2D eigenvalue weighted by Gasteiger charge is -2.26. The summed E-state index contributed by atoms with van der Waals surface area (Å²) >= 11 is 0. The molecule has 7 heteroatoms. The van der Waals surface area contributed by atoms with E-state index in [-0.39, 0.29) is 17.9 Å². The number of amides is 2. The van der Waals surface area contributed by atoms with Crippen LogP contribution in [0.3, 0.4) is 0 Å². The third-order valence-corrected chi connectivity index (χ3v) is 6.72. The fourth-order valence-corrected chi connectivity index (χ4v) is 5.02. The number of aliphatic imine (C=N–C) groups is 1. The number of hydrogen-bond acceptors (Lipinski definition) is 3. The second-order valence-corrected chi connectivity index (χ2v) is 9.16. The van der Waals surface area contributed by atoms with Crippen LogP contribution in [0.15, 0.2) is 4.99 Å². The summed E-state index contributed by atoms with van der Waals surface area (Å²) in [5.41, 5.74) is 0. The number of carbonyl (C=O) groups is 2. The summed E-state index contributed by atoms with van der Waals surface area (Å²) in [6, 6.07) is 0.583. The number of nitrogens with one attached hydrogen (secondary N) is 3. The smallest absolute Gasteiger partial charge is 0.225 e. The standard InChI is InChI=1S/C23H41N5O2/c1-2-24-23(25-15-13-21(29)26-19-11-7-4-8-12-19)27-20-14-16-28(17-20)22(30)18-9-5-3-6-10-18/h18-20H,2-17H2,1H3,(H,26,29)(H2,24,25,27). The molecular formula is C23H41N5O2. The maximum atomic E-state index is 12.8. The molecule has 30 heavy (non-hydrogen) atoms. The number of likely N-dealkylation sites (tertiary alicyclic amines) is 1. The van der Waals surface area contributed by atoms with Crippen LogP contribution >= 0.6 is 0 Å². The van der Waals surface area contributed by atoms with Crippen molar-refractivity contribution in [2.24, 2.45) is 10.9 Å². The average Bonchev–Trinajstić information content (AvgIpc) is 3.23. The number of guanidine groups is 1. The molecule has 0 spiro atoms. The van der Waals surface area contributed by atoms with Crippen LogP contribution < -0.4 is 16.0 Å². The average molecular weight is 420 g/mol. The van der Waals surface area contributed by atoms with Crippen molar-refractivity contribution in [1.82, 2.24) is 20.9 Å². The van der Waals surface area contributed by atoms with Crippen LogP contribution in [0.1, 0.15) is 84.0 Å². The topological polar surface area (TPSA) is 85.8 Å². The van der Waals surface area contributed by atoms with Gasteiger partial charge in [0.2, 0.25) is 11.8 Å². The summed E-state index contributed by atoms with van der Waals surface area (Å²) in [5.74, 6) is 1.44. The third kappa shape index (κ3) is 7.17. The number of nitrogens with zero attached hydrogens (tertiary/aromatic N) is 2. The monoisotopic (exact) mass is 419 g/mol. The van der Waals surface area contributed by atoms with Gasteiger partial charge in [0, 0.05) is 44.1 Å². The highest BCUT2D eigenvalue weighted by atomic mass is 16.2. The first kappa shape index (κ1) is 22.9. The van der Waals surface area contributed by atoms with E-state index in [1.807, 2.05) is 11.8 Å². The Bertz CT molecular complexity index is 582. The first-order valence-corrected chi connectivity index (χ1v) is 12.3. The van der Waals surface area contributed by atoms with Crippen molar-refractivity contribution in [2.75, 3.05) is 26.2 Å². The van der Waals surface area contributed by atoms with E-state index in [0.29, 0.717) is 24.9 Å². The fourth-order valence-electron chi connectivity index (χ4n) is 5.02. The lowest BCUT2D eigenvalue weighted by Crippen LogP contribution is -2.45. The van der Waals surface area contributed by atoms with E-state index < -0.39 is 0 Å². The highest BCUT2D eigenvalue weighted by Gasteiger charge is 2.31. The molecule has 1 heterocycles. The minimum Gasteiger partial charge on any atom is -0.357 e. The molecular weight excluding hydrogens is 378 g/mol. The summed E-state index contributed by atoms with van der Waals surface area (Å²) in [6.07, 6.45) is 13.1. The largest absolute Gasteiger partial charge is 0.357 e. The minimum atomic E-state index is 0.103. The van der Waals surface area contributed by atoms with Gasteiger partial charge in [0.1, 0.15) is 0 Å². The molecule has 1 aliphatic heterocycles. The van der Waals surface area contributed by atoms with Gasteiger partial charge in [-0.15, -0.1) is 0 Å². The van der Waals surface area contributed by atoms with Gasteiger partial charge in [-0.05, 0) is 39.0 Å². The molecule has 3 N–H and O–H groups in total. The zero-order valence-electron chi connectivity index (χ0n) is 18.8. The molecule has 170 valence electrons. The Balaban J connectivity index is 1.40. The molecule has 1 atom stereocenters. The molecule has 3 fully saturated rings. The zero-order chi connectivity index (χ0) is 21.2. The molecule has 3 rings (SSSR count). The zero-order valence-corrected chi connectivity index (χ0v) is 18.8. The summed E-state index contributed by atoms with van der Waals surface area (Å²) in [5, 5.41) is 9.90. The van der Waals surface area contributed by atoms with Gasteiger partial charge in [0.25, 0.3) is 0 Å². The Morgan fingerprint density at radius 2 is 1.60 bits per heavy atom. The van der Waals surface area contributed by atoms with Crippen LogP contribution in [0.5, 0.6) is 0 Å². The molecule has 3 aliphatic rings. The van der Waals surface area contributed by atoms with E-state index in [2.05, 4.69) is 20.9 Å². The first-order chi connectivity index (χ1) is 14.7. The van der Waals surface area contributed by atoms with E-state index in [9.17, 15) is 9.59 Å². The van der Waals surface area contributed by atoms with Gasteiger partial charge >= 0.3 is 0 Å². The SMILES string of the molecule is CCNC(=NCCC(=O)NC1CCCCC1)NC1CCN(C(=O)C2CCCCC2)C1. The Morgan fingerprint density at radius 3 is 2.30 bits per heavy atom. The van der Waals surface area contributed by atoms with E-state index in [1.165, 1.54) is 38.5 Å². The predicted molar refractivity (Wildman–Crippen MR) is 120 cm³/mol. The highest BCUT2D eigenvalue weighted by Crippen LogP contribution is 2.26. The van der Waals surface area contributed by atoms with Gasteiger partial charge in [-0.25, -0.2) is 0 Å². The Morgan fingerprint density at radius 1 is 0.900 bits per heavy atom. The molecule has 0 bridgehead atoms. The van der Waals surface area contributed by atoms with E-state index >= 15 is 0 Å². The van der Waals surface area contributed by atoms with Crippen molar-refractivity contribution < 1.29 is 9.59 Å². The molecule has 1 unspecified atom stereocenters. The van der Waals surface area contributed by atoms with Crippen molar-refractivity contribution in [2.45, 2.75) is 96.1 Å². The van der Waals surface area contributed by atoms with Crippen LogP contribution in [0, 0.1) is 5.92 Å². The Kier molecular flexibility index (Phi) is 9.27. The van der Waals surface area contributed by atoms with Crippen molar-refractivity contribution >= 4 is 17.8 Å². The van der Waals surface area contributed by atoms with Gasteiger partial charge in [-0.2, -0.15) is 0 Å². The Labute approximate surface area is 181 Å². The quantitative estimate of drug-likeness (QED) is 0.437. The first-order valence-electron chi connectivity index (χ1n) is 12.3. The van der Waals surface area contributed by atoms with Gasteiger partial charge in [0.15, 0.2) is 5.96 Å². The second kappa shape index (κ2) is 12.2. The van der Waals surface area contributed by atoms with Crippen LogP contribution in [0.25, 0.3) is 0 Å². The number of carbonyl (C=O) groups excluding carboxylic acids is 2. The van der Waals surface area contributed by atoms with Crippen LogP contribution in [-0.2, 0) is 9.59 Å². The van der Waals surface area contributed by atoms with E-state index in [4.69, 9.17) is 0 Å². The summed E-state index contributed by atoms with van der Waals surface area (Å²) in [7, 11) is 0. The van der Waals surface area contributed by atoms with Crippen LogP contribution in [-0.4, -0.2) is 60.9 Å². The number of rotatable bonds is 7. The molecule has 7 nitrogen and oxygen atoms in total. The van der Waals surface area contributed by atoms with Gasteiger partial charge in [0.05, 0.1) is 6.54 Å². The van der Waals surface area contributed by atoms with Crippen molar-refractivity contribution in [3.05, 3.63) is 0 Å². The normalized spacial score (nSPS) is 24.0. The van der Waals surface area contributed by atoms with Gasteiger partial charge in [-0.3, -0.25) is 14.6 Å². The third-order valence-electron chi connectivity index (χ3n) is 6.72. The van der Waals surface area contributed by atoms with Gasteiger partial charge < -0.3 is 20.9 Å². The maximum Gasteiger partial charge on any atom is 0.225 e. The number of hydrogen-bond donors (Lipinski definition) is 3. The fraction of sp³-hybridized carbons (Fsp3) is 0.870. The van der Waals surface area contributed by atoms with Crippen molar-refractivity contribution in [3.63, 3.8) is 0 Å². The highest BCUT2D eigenvalue weighted by molar-refractivity contribution is 5.82. The summed E-state index contributed by atoms with van der Waals surface area (Å²) in [4.78, 5) is 31.6. The molecule has 0 aromatic carbocycles. The molecule has 2 aliphatic carbocycles. The lowest BCUT2D eigenvalue weighted by molar-refractivity contribution is -0.135. The minimum absolute atomic E-state index is 0.103. The lowest BCUT2D eigenvalue weighted by atomic mass is 9.88. The summed E-state index contributed by atoms with van der Waals surface area (Å²) < 4.78 is 0. The van der Waals surface area contributed by atoms with E-state index in [0.717, 1.165) is 57.7 Å². The molecule has 0 aromatic rings. The van der Waals surface area contributed by atoms with E-state index in [1.54, 1.807) is 0 Å². The van der Waals surface area contributed by atoms with Crippen LogP contribution in [0.2, 0.25) is 0 Å². The van der Waals surface area contributed by atoms with Gasteiger partial charge in [-0.1, -0.05) is 38.5 Å². The molecule has 2 saturated carbocycles. The maximum absolute atomic E-state index is 12.8. The van der Waals surface area contributed by atoms with Crippen molar-refractivity contribution in [1.29, 1.82) is 0 Å². The molecule has 0 radical (unpaired) electrons. The molecule has 0 aromatic heterocycles. The Hall–Kier alpha value is -1.79. The van der Waals surface area contributed by atoms with Crippen molar-refractivity contribution in [3.8, 4) is 0 Å². The van der Waals surface area contributed by atoms with Crippen LogP contribution in [0.4, 0.5) is 0 Å².